The molecular weight excluding hydrogens is 336 g/mol. The van der Waals surface area contributed by atoms with Crippen LogP contribution in [-0.2, 0) is 20.7 Å². The van der Waals surface area contributed by atoms with E-state index in [0.717, 1.165) is 11.1 Å². The van der Waals surface area contributed by atoms with Gasteiger partial charge in [0.1, 0.15) is 5.75 Å². The molecule has 0 aliphatic rings. The average molecular weight is 356 g/mol. The quantitative estimate of drug-likeness (QED) is 0.736. The van der Waals surface area contributed by atoms with E-state index in [2.05, 4.69) is 10.1 Å². The Hall–Kier alpha value is -3.35. The van der Waals surface area contributed by atoms with Gasteiger partial charge in [-0.3, -0.25) is 9.59 Å². The molecule has 0 saturated carbocycles. The van der Waals surface area contributed by atoms with E-state index < -0.39 is 11.9 Å². The number of aryl methyl sites for hydroxylation is 1. The standard InChI is InChI=1S/C19H20N2O5/c1-12-3-6-14(19(24)25-2)10-16(12)21-18(23)11-26-15-7-4-13(5-8-15)9-17(20)22/h3-8,10H,9,11H2,1-2H3,(H2,20,22)(H,21,23). The Balaban J connectivity index is 1.94. The van der Waals surface area contributed by atoms with Gasteiger partial charge in [-0.05, 0) is 42.3 Å². The zero-order valence-corrected chi connectivity index (χ0v) is 14.6. The zero-order chi connectivity index (χ0) is 19.1. The Labute approximate surface area is 151 Å². The van der Waals surface area contributed by atoms with Crippen molar-refractivity contribution in [1.29, 1.82) is 0 Å². The average Bonchev–Trinajstić information content (AvgIpc) is 2.62. The molecule has 3 N–H and O–H groups in total. The van der Waals surface area contributed by atoms with Crippen LogP contribution in [0, 0.1) is 6.92 Å². The summed E-state index contributed by atoms with van der Waals surface area (Å²) >= 11 is 0. The number of nitrogens with one attached hydrogen (secondary N) is 1. The lowest BCUT2D eigenvalue weighted by Crippen LogP contribution is -2.21. The third kappa shape index (κ3) is 5.34. The topological polar surface area (TPSA) is 108 Å². The fourth-order valence-corrected chi connectivity index (χ4v) is 2.24. The summed E-state index contributed by atoms with van der Waals surface area (Å²) in [5, 5.41) is 2.70. The summed E-state index contributed by atoms with van der Waals surface area (Å²) in [5.41, 5.74) is 7.57. The van der Waals surface area contributed by atoms with Crippen molar-refractivity contribution >= 4 is 23.5 Å². The molecule has 2 amide bonds. The van der Waals surface area contributed by atoms with Crippen LogP contribution in [0.3, 0.4) is 0 Å². The summed E-state index contributed by atoms with van der Waals surface area (Å²) in [4.78, 5) is 34.5. The first-order valence-electron chi connectivity index (χ1n) is 7.88. The third-order valence-corrected chi connectivity index (χ3v) is 3.60. The van der Waals surface area contributed by atoms with E-state index in [9.17, 15) is 14.4 Å². The molecular formula is C19H20N2O5. The van der Waals surface area contributed by atoms with Crippen molar-refractivity contribution in [3.8, 4) is 5.75 Å². The fourth-order valence-electron chi connectivity index (χ4n) is 2.24. The van der Waals surface area contributed by atoms with Crippen molar-refractivity contribution in [2.24, 2.45) is 5.73 Å². The predicted molar refractivity (Wildman–Crippen MR) is 96.0 cm³/mol. The molecule has 0 heterocycles. The maximum absolute atomic E-state index is 12.1. The molecule has 0 atom stereocenters. The lowest BCUT2D eigenvalue weighted by Gasteiger charge is -2.11. The number of ether oxygens (including phenoxy) is 2. The number of anilines is 1. The molecule has 26 heavy (non-hydrogen) atoms. The molecule has 136 valence electrons. The SMILES string of the molecule is COC(=O)c1ccc(C)c(NC(=O)COc2ccc(CC(N)=O)cc2)c1. The highest BCUT2D eigenvalue weighted by molar-refractivity contribution is 5.95. The number of benzene rings is 2. The van der Waals surface area contributed by atoms with Crippen LogP contribution in [-0.4, -0.2) is 31.5 Å². The van der Waals surface area contributed by atoms with Gasteiger partial charge in [0.15, 0.2) is 6.61 Å². The minimum atomic E-state index is -0.479. The van der Waals surface area contributed by atoms with Crippen molar-refractivity contribution in [2.45, 2.75) is 13.3 Å². The maximum Gasteiger partial charge on any atom is 0.337 e. The van der Waals surface area contributed by atoms with Crippen LogP contribution in [0.15, 0.2) is 42.5 Å². The molecule has 0 aliphatic carbocycles. The molecule has 2 aromatic carbocycles. The minimum Gasteiger partial charge on any atom is -0.484 e. The van der Waals surface area contributed by atoms with Gasteiger partial charge >= 0.3 is 5.97 Å². The molecule has 0 spiro atoms. The molecule has 0 aliphatic heterocycles. The van der Waals surface area contributed by atoms with Crippen LogP contribution in [0.4, 0.5) is 5.69 Å². The Kier molecular flexibility index (Phi) is 6.32. The van der Waals surface area contributed by atoms with Gasteiger partial charge in [0.05, 0.1) is 19.1 Å². The molecule has 7 nitrogen and oxygen atoms in total. The number of methoxy groups -OCH3 is 1. The Morgan fingerprint density at radius 3 is 2.38 bits per heavy atom. The van der Waals surface area contributed by atoms with Gasteiger partial charge in [0.2, 0.25) is 5.91 Å². The number of hydrogen-bond acceptors (Lipinski definition) is 5. The van der Waals surface area contributed by atoms with E-state index in [-0.39, 0.29) is 18.9 Å². The number of amides is 2. The first-order chi connectivity index (χ1) is 12.4. The first kappa shape index (κ1) is 19.0. The number of primary amides is 1. The monoisotopic (exact) mass is 356 g/mol. The lowest BCUT2D eigenvalue weighted by atomic mass is 10.1. The number of carbonyl (C=O) groups excluding carboxylic acids is 3. The molecule has 2 rings (SSSR count). The van der Waals surface area contributed by atoms with Crippen LogP contribution in [0.2, 0.25) is 0 Å². The highest BCUT2D eigenvalue weighted by Gasteiger charge is 2.11. The maximum atomic E-state index is 12.1. The normalized spacial score (nSPS) is 10.1. The number of carbonyl (C=O) groups is 3. The van der Waals surface area contributed by atoms with Gasteiger partial charge in [0, 0.05) is 5.69 Å². The summed E-state index contributed by atoms with van der Waals surface area (Å²) in [7, 11) is 1.29. The van der Waals surface area contributed by atoms with Crippen molar-refractivity contribution in [2.75, 3.05) is 19.0 Å². The minimum absolute atomic E-state index is 0.149. The molecule has 0 fully saturated rings. The van der Waals surface area contributed by atoms with Gasteiger partial charge in [-0.2, -0.15) is 0 Å². The largest absolute Gasteiger partial charge is 0.484 e. The Morgan fingerprint density at radius 2 is 1.77 bits per heavy atom. The molecule has 0 radical (unpaired) electrons. The Bertz CT molecular complexity index is 815. The number of rotatable bonds is 7. The number of nitrogens with two attached hydrogens (primary N) is 1. The zero-order valence-electron chi connectivity index (χ0n) is 14.6. The van der Waals surface area contributed by atoms with E-state index in [0.29, 0.717) is 17.0 Å². The van der Waals surface area contributed by atoms with Crippen LogP contribution in [0.5, 0.6) is 5.75 Å². The first-order valence-corrected chi connectivity index (χ1v) is 7.88. The fraction of sp³-hybridized carbons (Fsp3) is 0.211. The third-order valence-electron chi connectivity index (χ3n) is 3.60. The van der Waals surface area contributed by atoms with Gasteiger partial charge in [-0.15, -0.1) is 0 Å². The second-order valence-electron chi connectivity index (χ2n) is 5.65. The summed E-state index contributed by atoms with van der Waals surface area (Å²) in [6.07, 6.45) is 0.149. The van der Waals surface area contributed by atoms with Crippen molar-refractivity contribution in [3.63, 3.8) is 0 Å². The van der Waals surface area contributed by atoms with Gasteiger partial charge in [0.25, 0.3) is 5.91 Å². The molecule has 0 unspecified atom stereocenters. The summed E-state index contributed by atoms with van der Waals surface area (Å²) in [6, 6.07) is 11.6. The second-order valence-corrected chi connectivity index (χ2v) is 5.65. The predicted octanol–water partition coefficient (Wildman–Crippen LogP) is 1.83. The van der Waals surface area contributed by atoms with E-state index in [1.807, 2.05) is 6.92 Å². The van der Waals surface area contributed by atoms with Crippen LogP contribution >= 0.6 is 0 Å². The molecule has 0 saturated heterocycles. The molecule has 7 heteroatoms. The van der Waals surface area contributed by atoms with Crippen LogP contribution in [0.25, 0.3) is 0 Å². The van der Waals surface area contributed by atoms with Gasteiger partial charge < -0.3 is 20.5 Å². The van der Waals surface area contributed by atoms with E-state index >= 15 is 0 Å². The summed E-state index contributed by atoms with van der Waals surface area (Å²) < 4.78 is 10.1. The van der Waals surface area contributed by atoms with Crippen molar-refractivity contribution in [3.05, 3.63) is 59.2 Å². The smallest absolute Gasteiger partial charge is 0.337 e. The molecule has 0 aromatic heterocycles. The summed E-state index contributed by atoms with van der Waals surface area (Å²) in [6.45, 7) is 1.62. The number of esters is 1. The second kappa shape index (κ2) is 8.66. The van der Waals surface area contributed by atoms with E-state index in [4.69, 9.17) is 10.5 Å². The Morgan fingerprint density at radius 1 is 1.08 bits per heavy atom. The van der Waals surface area contributed by atoms with E-state index in [1.54, 1.807) is 42.5 Å². The highest BCUT2D eigenvalue weighted by Crippen LogP contribution is 2.18. The number of hydrogen-bond donors (Lipinski definition) is 2. The van der Waals surface area contributed by atoms with Gasteiger partial charge in [-0.25, -0.2) is 4.79 Å². The highest BCUT2D eigenvalue weighted by atomic mass is 16.5. The van der Waals surface area contributed by atoms with Crippen molar-refractivity contribution < 1.29 is 23.9 Å². The van der Waals surface area contributed by atoms with Gasteiger partial charge in [-0.1, -0.05) is 18.2 Å². The molecule has 0 bridgehead atoms. The van der Waals surface area contributed by atoms with Crippen LogP contribution < -0.4 is 15.8 Å². The lowest BCUT2D eigenvalue weighted by molar-refractivity contribution is -0.118. The summed E-state index contributed by atoms with van der Waals surface area (Å²) in [5.74, 6) is -0.764. The van der Waals surface area contributed by atoms with Crippen LogP contribution in [0.1, 0.15) is 21.5 Å². The van der Waals surface area contributed by atoms with E-state index in [1.165, 1.54) is 7.11 Å². The van der Waals surface area contributed by atoms with Crippen molar-refractivity contribution in [1.82, 2.24) is 0 Å². The molecule has 2 aromatic rings.